The van der Waals surface area contributed by atoms with Crippen LogP contribution in [-0.4, -0.2) is 20.3 Å². The zero-order valence-electron chi connectivity index (χ0n) is 14.2. The molecule has 2 rings (SSSR count). The number of ether oxygens (including phenoxy) is 1. The maximum absolute atomic E-state index is 5.20. The van der Waals surface area contributed by atoms with Crippen LogP contribution in [0, 0.1) is 5.41 Å². The number of nitrogens with one attached hydrogen (secondary N) is 1. The Hall–Kier alpha value is -0.860. The second-order valence-electron chi connectivity index (χ2n) is 7.24. The molecule has 0 saturated heterocycles. The fourth-order valence-corrected chi connectivity index (χ4v) is 3.04. The molecule has 0 bridgehead atoms. The van der Waals surface area contributed by atoms with Gasteiger partial charge >= 0.3 is 0 Å². The molecule has 0 spiro atoms. The third-order valence-corrected chi connectivity index (χ3v) is 4.74. The smallest absolute Gasteiger partial charge is 0.0467 e. The molecular weight excluding hydrogens is 258 g/mol. The minimum absolute atomic E-state index is 0.276. The quantitative estimate of drug-likeness (QED) is 0.809. The summed E-state index contributed by atoms with van der Waals surface area (Å²) in [6.45, 7) is 8.74. The Labute approximate surface area is 130 Å². The average Bonchev–Trinajstić information content (AvgIpc) is 2.50. The number of hydrogen-bond acceptors (Lipinski definition) is 2. The second-order valence-corrected chi connectivity index (χ2v) is 7.24. The summed E-state index contributed by atoms with van der Waals surface area (Å²) in [5.41, 5.74) is 4.85. The fraction of sp³-hybridized carbons (Fsp3) is 0.684. The molecule has 0 fully saturated rings. The highest BCUT2D eigenvalue weighted by atomic mass is 16.5. The lowest BCUT2D eigenvalue weighted by molar-refractivity contribution is 0.149. The number of fused-ring (bicyclic) bond motifs is 1. The first-order chi connectivity index (χ1) is 10.0. The summed E-state index contributed by atoms with van der Waals surface area (Å²) >= 11 is 0. The summed E-state index contributed by atoms with van der Waals surface area (Å²) in [4.78, 5) is 0. The summed E-state index contributed by atoms with van der Waals surface area (Å²) in [6, 6.07) is 7.50. The summed E-state index contributed by atoms with van der Waals surface area (Å²) in [5, 5.41) is 3.70. The van der Waals surface area contributed by atoms with Crippen LogP contribution in [0.1, 0.15) is 62.8 Å². The Morgan fingerprint density at radius 2 is 1.90 bits per heavy atom. The standard InChI is InChI=1S/C19H31NO/c1-15(20-14-19(2,3)11-12-21-4)17-10-9-16-7-5-6-8-18(16)13-17/h9-10,13,15,20H,5-8,11-12,14H2,1-4H3. The van der Waals surface area contributed by atoms with Crippen LogP contribution in [0.2, 0.25) is 0 Å². The molecule has 1 aliphatic rings. The summed E-state index contributed by atoms with van der Waals surface area (Å²) in [7, 11) is 1.78. The van der Waals surface area contributed by atoms with Crippen molar-refractivity contribution in [3.05, 3.63) is 34.9 Å². The highest BCUT2D eigenvalue weighted by molar-refractivity contribution is 5.35. The van der Waals surface area contributed by atoms with Crippen molar-refractivity contribution in [2.24, 2.45) is 5.41 Å². The van der Waals surface area contributed by atoms with Crippen LogP contribution < -0.4 is 5.32 Å². The lowest BCUT2D eigenvalue weighted by atomic mass is 9.88. The van der Waals surface area contributed by atoms with Crippen LogP contribution in [0.25, 0.3) is 0 Å². The van der Waals surface area contributed by atoms with Gasteiger partial charge in [-0.3, -0.25) is 0 Å². The van der Waals surface area contributed by atoms with E-state index in [9.17, 15) is 0 Å². The van der Waals surface area contributed by atoms with Crippen LogP contribution in [0.3, 0.4) is 0 Å². The normalized spacial score (nSPS) is 16.6. The summed E-state index contributed by atoms with van der Waals surface area (Å²) in [6.07, 6.45) is 6.32. The van der Waals surface area contributed by atoms with E-state index in [1.54, 1.807) is 18.2 Å². The topological polar surface area (TPSA) is 21.3 Å². The molecule has 1 atom stereocenters. The monoisotopic (exact) mass is 289 g/mol. The zero-order valence-corrected chi connectivity index (χ0v) is 14.2. The SMILES string of the molecule is COCCC(C)(C)CNC(C)c1ccc2c(c1)CCCC2. The predicted octanol–water partition coefficient (Wildman–Crippen LogP) is 4.28. The fourth-order valence-electron chi connectivity index (χ4n) is 3.04. The average molecular weight is 289 g/mol. The minimum Gasteiger partial charge on any atom is -0.385 e. The Balaban J connectivity index is 1.92. The number of methoxy groups -OCH3 is 1. The Kier molecular flexibility index (Phi) is 5.83. The van der Waals surface area contributed by atoms with E-state index in [2.05, 4.69) is 44.3 Å². The van der Waals surface area contributed by atoms with Crippen molar-refractivity contribution in [2.45, 2.75) is 58.9 Å². The van der Waals surface area contributed by atoms with Gasteiger partial charge in [-0.05, 0) is 61.1 Å². The minimum atomic E-state index is 0.276. The van der Waals surface area contributed by atoms with E-state index in [-0.39, 0.29) is 5.41 Å². The van der Waals surface area contributed by atoms with Gasteiger partial charge in [0.15, 0.2) is 0 Å². The lowest BCUT2D eigenvalue weighted by Gasteiger charge is -2.27. The van der Waals surface area contributed by atoms with E-state index in [1.807, 2.05) is 0 Å². The molecule has 0 aliphatic heterocycles. The van der Waals surface area contributed by atoms with Gasteiger partial charge in [0.1, 0.15) is 0 Å². The maximum Gasteiger partial charge on any atom is 0.0467 e. The molecule has 0 saturated carbocycles. The number of benzene rings is 1. The van der Waals surface area contributed by atoms with Crippen LogP contribution >= 0.6 is 0 Å². The molecule has 1 aromatic carbocycles. The van der Waals surface area contributed by atoms with E-state index in [0.717, 1.165) is 19.6 Å². The van der Waals surface area contributed by atoms with E-state index in [0.29, 0.717) is 6.04 Å². The van der Waals surface area contributed by atoms with Crippen molar-refractivity contribution < 1.29 is 4.74 Å². The molecule has 0 aromatic heterocycles. The van der Waals surface area contributed by atoms with Gasteiger partial charge in [-0.25, -0.2) is 0 Å². The van der Waals surface area contributed by atoms with Crippen molar-refractivity contribution in [2.75, 3.05) is 20.3 Å². The van der Waals surface area contributed by atoms with E-state index in [1.165, 1.54) is 31.2 Å². The summed E-state index contributed by atoms with van der Waals surface area (Å²) in [5.74, 6) is 0. The molecular formula is C19H31NO. The highest BCUT2D eigenvalue weighted by Crippen LogP contribution is 2.26. The van der Waals surface area contributed by atoms with Crippen LogP contribution in [-0.2, 0) is 17.6 Å². The molecule has 118 valence electrons. The third-order valence-electron chi connectivity index (χ3n) is 4.74. The van der Waals surface area contributed by atoms with E-state index in [4.69, 9.17) is 4.74 Å². The molecule has 21 heavy (non-hydrogen) atoms. The molecule has 0 radical (unpaired) electrons. The van der Waals surface area contributed by atoms with Crippen molar-refractivity contribution in [1.29, 1.82) is 0 Å². The van der Waals surface area contributed by atoms with Crippen molar-refractivity contribution in [1.82, 2.24) is 5.32 Å². The molecule has 2 heteroatoms. The largest absolute Gasteiger partial charge is 0.385 e. The molecule has 2 nitrogen and oxygen atoms in total. The third kappa shape index (κ3) is 4.82. The molecule has 0 heterocycles. The van der Waals surface area contributed by atoms with Crippen LogP contribution in [0.4, 0.5) is 0 Å². The zero-order chi connectivity index (χ0) is 15.3. The van der Waals surface area contributed by atoms with Gasteiger partial charge in [0.25, 0.3) is 0 Å². The van der Waals surface area contributed by atoms with Gasteiger partial charge in [0.2, 0.25) is 0 Å². The van der Waals surface area contributed by atoms with Crippen molar-refractivity contribution in [3.63, 3.8) is 0 Å². The first-order valence-corrected chi connectivity index (χ1v) is 8.36. The van der Waals surface area contributed by atoms with Gasteiger partial charge in [-0.2, -0.15) is 0 Å². The van der Waals surface area contributed by atoms with Gasteiger partial charge in [-0.1, -0.05) is 32.0 Å². The van der Waals surface area contributed by atoms with Gasteiger partial charge in [0.05, 0.1) is 0 Å². The number of hydrogen-bond donors (Lipinski definition) is 1. The molecule has 1 aromatic rings. The molecule has 0 amide bonds. The van der Waals surface area contributed by atoms with Crippen LogP contribution in [0.15, 0.2) is 18.2 Å². The van der Waals surface area contributed by atoms with Crippen molar-refractivity contribution in [3.8, 4) is 0 Å². The highest BCUT2D eigenvalue weighted by Gasteiger charge is 2.19. The number of aryl methyl sites for hydroxylation is 2. The number of rotatable bonds is 7. The Morgan fingerprint density at radius 3 is 2.62 bits per heavy atom. The maximum atomic E-state index is 5.20. The van der Waals surface area contributed by atoms with E-state index >= 15 is 0 Å². The first kappa shape index (κ1) is 16.5. The van der Waals surface area contributed by atoms with Crippen LogP contribution in [0.5, 0.6) is 0 Å². The van der Waals surface area contributed by atoms with E-state index < -0.39 is 0 Å². The lowest BCUT2D eigenvalue weighted by Crippen LogP contribution is -2.32. The van der Waals surface area contributed by atoms with Gasteiger partial charge in [0, 0.05) is 26.3 Å². The van der Waals surface area contributed by atoms with Crippen molar-refractivity contribution >= 4 is 0 Å². The molecule has 1 N–H and O–H groups in total. The molecule has 1 aliphatic carbocycles. The Bertz CT molecular complexity index is 453. The van der Waals surface area contributed by atoms with Gasteiger partial charge in [-0.15, -0.1) is 0 Å². The van der Waals surface area contributed by atoms with Gasteiger partial charge < -0.3 is 10.1 Å². The summed E-state index contributed by atoms with van der Waals surface area (Å²) < 4.78 is 5.20. The first-order valence-electron chi connectivity index (χ1n) is 8.36. The second kappa shape index (κ2) is 7.42. The predicted molar refractivity (Wildman–Crippen MR) is 89.8 cm³/mol. The molecule has 1 unspecified atom stereocenters. The Morgan fingerprint density at radius 1 is 1.19 bits per heavy atom.